The fraction of sp³-hybridized carbons (Fsp3) is 0.650. The summed E-state index contributed by atoms with van der Waals surface area (Å²) in [6.07, 6.45) is 2.20. The lowest BCUT2D eigenvalue weighted by Gasteiger charge is -2.26. The number of aryl methyl sites for hydroxylation is 1. The number of benzene rings is 1. The van der Waals surface area contributed by atoms with Gasteiger partial charge in [0.05, 0.1) is 13.2 Å². The highest BCUT2D eigenvalue weighted by atomic mass is 127. The fourth-order valence-corrected chi connectivity index (χ4v) is 2.95. The summed E-state index contributed by atoms with van der Waals surface area (Å²) in [7, 11) is 1.83. The quantitative estimate of drug-likeness (QED) is 0.263. The third kappa shape index (κ3) is 8.68. The van der Waals surface area contributed by atoms with E-state index in [9.17, 15) is 0 Å². The average molecular weight is 474 g/mol. The van der Waals surface area contributed by atoms with Gasteiger partial charge in [-0.1, -0.05) is 38.1 Å². The maximum absolute atomic E-state index is 5.37. The molecule has 1 aliphatic heterocycles. The Kier molecular flexibility index (Phi) is 11.9. The number of guanidine groups is 1. The second-order valence-corrected chi connectivity index (χ2v) is 6.88. The van der Waals surface area contributed by atoms with E-state index in [-0.39, 0.29) is 24.0 Å². The van der Waals surface area contributed by atoms with Crippen molar-refractivity contribution in [1.29, 1.82) is 0 Å². The zero-order chi connectivity index (χ0) is 17.9. The van der Waals surface area contributed by atoms with E-state index in [2.05, 4.69) is 58.6 Å². The number of nitrogens with one attached hydrogen (secondary N) is 2. The number of hydrogen-bond acceptors (Lipinski definition) is 3. The summed E-state index contributed by atoms with van der Waals surface area (Å²) in [4.78, 5) is 6.72. The largest absolute Gasteiger partial charge is 0.379 e. The van der Waals surface area contributed by atoms with E-state index in [4.69, 9.17) is 4.74 Å². The summed E-state index contributed by atoms with van der Waals surface area (Å²) in [6.45, 7) is 11.1. The zero-order valence-electron chi connectivity index (χ0n) is 16.5. The summed E-state index contributed by atoms with van der Waals surface area (Å²) < 4.78 is 5.37. The van der Waals surface area contributed by atoms with Crippen LogP contribution in [0.15, 0.2) is 29.3 Å². The Hall–Kier alpha value is -0.860. The van der Waals surface area contributed by atoms with Gasteiger partial charge in [0.25, 0.3) is 0 Å². The third-order valence-electron chi connectivity index (χ3n) is 4.63. The van der Waals surface area contributed by atoms with Crippen molar-refractivity contribution >= 4 is 29.9 Å². The monoisotopic (exact) mass is 474 g/mol. The van der Waals surface area contributed by atoms with Crippen LogP contribution in [0.3, 0.4) is 0 Å². The molecular weight excluding hydrogens is 439 g/mol. The van der Waals surface area contributed by atoms with Gasteiger partial charge in [-0.25, -0.2) is 0 Å². The minimum absolute atomic E-state index is 0. The predicted molar refractivity (Wildman–Crippen MR) is 121 cm³/mol. The van der Waals surface area contributed by atoms with Crippen molar-refractivity contribution in [3.8, 4) is 0 Å². The van der Waals surface area contributed by atoms with E-state index in [1.54, 1.807) is 0 Å². The fourth-order valence-electron chi connectivity index (χ4n) is 2.95. The second-order valence-electron chi connectivity index (χ2n) is 6.88. The van der Waals surface area contributed by atoms with E-state index in [1.165, 1.54) is 11.1 Å². The molecule has 5 nitrogen and oxygen atoms in total. The Morgan fingerprint density at radius 2 is 1.77 bits per heavy atom. The van der Waals surface area contributed by atoms with Gasteiger partial charge in [-0.05, 0) is 29.9 Å². The van der Waals surface area contributed by atoms with Crippen LogP contribution in [-0.2, 0) is 11.2 Å². The van der Waals surface area contributed by atoms with Crippen LogP contribution in [-0.4, -0.2) is 63.8 Å². The van der Waals surface area contributed by atoms with Crippen molar-refractivity contribution in [2.24, 2.45) is 4.99 Å². The van der Waals surface area contributed by atoms with Gasteiger partial charge in [0.2, 0.25) is 0 Å². The van der Waals surface area contributed by atoms with Gasteiger partial charge < -0.3 is 15.4 Å². The Balaban J connectivity index is 0.00000338. The summed E-state index contributed by atoms with van der Waals surface area (Å²) in [6, 6.07) is 9.01. The molecule has 0 saturated carbocycles. The SMILES string of the molecule is CN=C(NCCCc1ccc(C(C)C)cc1)NCCN1CCOCC1.I. The van der Waals surface area contributed by atoms with Gasteiger partial charge in [-0.3, -0.25) is 9.89 Å². The maximum atomic E-state index is 5.37. The Labute approximate surface area is 176 Å². The minimum Gasteiger partial charge on any atom is -0.379 e. The number of rotatable bonds is 8. The first-order valence-electron chi connectivity index (χ1n) is 9.52. The molecule has 6 heteroatoms. The number of hydrogen-bond donors (Lipinski definition) is 2. The Morgan fingerprint density at radius 1 is 1.12 bits per heavy atom. The number of morpholine rings is 1. The van der Waals surface area contributed by atoms with Gasteiger partial charge in [-0.2, -0.15) is 0 Å². The molecule has 0 bridgehead atoms. The molecule has 1 aromatic rings. The predicted octanol–water partition coefficient (Wildman–Crippen LogP) is 2.86. The first kappa shape index (κ1) is 23.2. The van der Waals surface area contributed by atoms with Crippen LogP contribution >= 0.6 is 24.0 Å². The Bertz CT molecular complexity index is 513. The topological polar surface area (TPSA) is 48.9 Å². The highest BCUT2D eigenvalue weighted by molar-refractivity contribution is 14.0. The van der Waals surface area contributed by atoms with Crippen LogP contribution in [0.1, 0.15) is 37.3 Å². The van der Waals surface area contributed by atoms with Crippen LogP contribution in [0.5, 0.6) is 0 Å². The van der Waals surface area contributed by atoms with Crippen molar-refractivity contribution in [3.05, 3.63) is 35.4 Å². The highest BCUT2D eigenvalue weighted by Gasteiger charge is 2.09. The molecule has 0 unspecified atom stereocenters. The zero-order valence-corrected chi connectivity index (χ0v) is 18.8. The van der Waals surface area contributed by atoms with Crippen LogP contribution in [0.4, 0.5) is 0 Å². The summed E-state index contributed by atoms with van der Waals surface area (Å²) in [5.41, 5.74) is 2.81. The lowest BCUT2D eigenvalue weighted by Crippen LogP contribution is -2.44. The maximum Gasteiger partial charge on any atom is 0.191 e. The Morgan fingerprint density at radius 3 is 2.38 bits per heavy atom. The molecule has 0 spiro atoms. The van der Waals surface area contributed by atoms with Gasteiger partial charge >= 0.3 is 0 Å². The molecule has 0 amide bonds. The molecule has 1 heterocycles. The number of halogens is 1. The van der Waals surface area contributed by atoms with Crippen molar-refractivity contribution in [2.75, 3.05) is 53.0 Å². The number of ether oxygens (including phenoxy) is 1. The van der Waals surface area contributed by atoms with Crippen LogP contribution in [0, 0.1) is 0 Å². The molecule has 26 heavy (non-hydrogen) atoms. The molecule has 1 fully saturated rings. The molecule has 148 valence electrons. The molecule has 2 N–H and O–H groups in total. The molecule has 0 atom stereocenters. The molecule has 1 aromatic carbocycles. The average Bonchev–Trinajstić information content (AvgIpc) is 2.65. The van der Waals surface area contributed by atoms with Crippen molar-refractivity contribution in [3.63, 3.8) is 0 Å². The van der Waals surface area contributed by atoms with Crippen molar-refractivity contribution in [2.45, 2.75) is 32.6 Å². The van der Waals surface area contributed by atoms with Gasteiger partial charge in [0, 0.05) is 39.8 Å². The van der Waals surface area contributed by atoms with Gasteiger partial charge in [0.1, 0.15) is 0 Å². The molecular formula is C20H35IN4O. The highest BCUT2D eigenvalue weighted by Crippen LogP contribution is 2.15. The number of aliphatic imine (C=N–C) groups is 1. The molecule has 0 aliphatic carbocycles. The molecule has 0 aromatic heterocycles. The van der Waals surface area contributed by atoms with Gasteiger partial charge in [-0.15, -0.1) is 24.0 Å². The first-order valence-corrected chi connectivity index (χ1v) is 9.52. The minimum atomic E-state index is 0. The van der Waals surface area contributed by atoms with Crippen LogP contribution < -0.4 is 10.6 Å². The molecule has 2 rings (SSSR count). The molecule has 1 saturated heterocycles. The molecule has 1 aliphatic rings. The van der Waals surface area contributed by atoms with Crippen LogP contribution in [0.25, 0.3) is 0 Å². The van der Waals surface area contributed by atoms with Gasteiger partial charge in [0.15, 0.2) is 5.96 Å². The lowest BCUT2D eigenvalue weighted by atomic mass is 10.0. The van der Waals surface area contributed by atoms with Crippen molar-refractivity contribution in [1.82, 2.24) is 15.5 Å². The van der Waals surface area contributed by atoms with E-state index in [1.807, 2.05) is 7.05 Å². The summed E-state index contributed by atoms with van der Waals surface area (Å²) >= 11 is 0. The van der Waals surface area contributed by atoms with Crippen LogP contribution in [0.2, 0.25) is 0 Å². The normalized spacial score (nSPS) is 15.6. The van der Waals surface area contributed by atoms with E-state index in [0.717, 1.165) is 64.7 Å². The first-order chi connectivity index (χ1) is 12.2. The second kappa shape index (κ2) is 13.3. The lowest BCUT2D eigenvalue weighted by molar-refractivity contribution is 0.0389. The summed E-state index contributed by atoms with van der Waals surface area (Å²) in [5.74, 6) is 1.49. The standard InChI is InChI=1S/C20H34N4O.HI/c1-17(2)19-8-6-18(7-9-19)5-4-10-22-20(21-3)23-11-12-24-13-15-25-16-14-24;/h6-9,17H,4-5,10-16H2,1-3H3,(H2,21,22,23);1H. The van der Waals surface area contributed by atoms with E-state index < -0.39 is 0 Å². The van der Waals surface area contributed by atoms with Crippen molar-refractivity contribution < 1.29 is 4.74 Å². The van der Waals surface area contributed by atoms with E-state index >= 15 is 0 Å². The third-order valence-corrected chi connectivity index (χ3v) is 4.63. The summed E-state index contributed by atoms with van der Waals surface area (Å²) in [5, 5.41) is 6.79. The smallest absolute Gasteiger partial charge is 0.191 e. The van der Waals surface area contributed by atoms with E-state index in [0.29, 0.717) is 5.92 Å². The molecule has 0 radical (unpaired) electrons. The number of nitrogens with zero attached hydrogens (tertiary/aromatic N) is 2.